The van der Waals surface area contributed by atoms with Crippen molar-refractivity contribution < 1.29 is 14.2 Å². The average molecular weight is 253 g/mol. The van der Waals surface area contributed by atoms with Crippen molar-refractivity contribution >= 4 is 5.82 Å². The number of anilines is 1. The van der Waals surface area contributed by atoms with Crippen LogP contribution < -0.4 is 5.73 Å². The van der Waals surface area contributed by atoms with Crippen LogP contribution in [0.1, 0.15) is 25.0 Å². The van der Waals surface area contributed by atoms with Gasteiger partial charge in [-0.2, -0.15) is 0 Å². The van der Waals surface area contributed by atoms with Crippen LogP contribution in [-0.4, -0.2) is 36.1 Å². The molecule has 2 heterocycles. The zero-order valence-corrected chi connectivity index (χ0v) is 10.4. The van der Waals surface area contributed by atoms with Gasteiger partial charge in [-0.3, -0.25) is 0 Å². The highest BCUT2D eigenvalue weighted by molar-refractivity contribution is 5.27. The molecule has 0 radical (unpaired) electrons. The van der Waals surface area contributed by atoms with Crippen molar-refractivity contribution in [2.75, 3.05) is 25.6 Å². The van der Waals surface area contributed by atoms with Crippen molar-refractivity contribution in [1.29, 1.82) is 0 Å². The van der Waals surface area contributed by atoms with Gasteiger partial charge in [0.1, 0.15) is 12.1 Å². The van der Waals surface area contributed by atoms with E-state index in [1.807, 2.05) is 0 Å². The van der Waals surface area contributed by atoms with Gasteiger partial charge in [-0.25, -0.2) is 9.97 Å². The first-order valence-electron chi connectivity index (χ1n) is 6.22. The van der Waals surface area contributed by atoms with Gasteiger partial charge in [0.2, 0.25) is 0 Å². The highest BCUT2D eigenvalue weighted by atomic mass is 16.7. The Morgan fingerprint density at radius 1 is 1.33 bits per heavy atom. The molecular formula is C12H19N3O3. The lowest BCUT2D eigenvalue weighted by atomic mass is 10.2. The summed E-state index contributed by atoms with van der Waals surface area (Å²) in [5.41, 5.74) is 6.31. The number of hydrogen-bond acceptors (Lipinski definition) is 6. The van der Waals surface area contributed by atoms with E-state index in [1.165, 1.54) is 12.7 Å². The molecule has 2 N–H and O–H groups in total. The van der Waals surface area contributed by atoms with E-state index in [2.05, 4.69) is 9.97 Å². The molecule has 1 unspecified atom stereocenters. The van der Waals surface area contributed by atoms with Crippen LogP contribution in [0.5, 0.6) is 0 Å². The summed E-state index contributed by atoms with van der Waals surface area (Å²) in [6, 6.07) is 1.70. The summed E-state index contributed by atoms with van der Waals surface area (Å²) in [5, 5.41) is 0. The van der Waals surface area contributed by atoms with Crippen LogP contribution in [0.3, 0.4) is 0 Å². The van der Waals surface area contributed by atoms with E-state index in [0.717, 1.165) is 25.1 Å². The van der Waals surface area contributed by atoms with Gasteiger partial charge in [0, 0.05) is 12.7 Å². The Balaban J connectivity index is 1.55. The van der Waals surface area contributed by atoms with Crippen LogP contribution in [0.25, 0.3) is 0 Å². The lowest BCUT2D eigenvalue weighted by molar-refractivity contribution is -0.169. The van der Waals surface area contributed by atoms with Crippen molar-refractivity contribution in [3.05, 3.63) is 18.1 Å². The van der Waals surface area contributed by atoms with Gasteiger partial charge >= 0.3 is 0 Å². The first-order valence-corrected chi connectivity index (χ1v) is 6.22. The van der Waals surface area contributed by atoms with Gasteiger partial charge in [-0.15, -0.1) is 0 Å². The van der Waals surface area contributed by atoms with E-state index in [1.54, 1.807) is 6.07 Å². The van der Waals surface area contributed by atoms with Gasteiger partial charge in [-0.1, -0.05) is 0 Å². The van der Waals surface area contributed by atoms with Crippen molar-refractivity contribution in [2.24, 2.45) is 0 Å². The smallest absolute Gasteiger partial charge is 0.157 e. The second-order valence-corrected chi connectivity index (χ2v) is 4.15. The summed E-state index contributed by atoms with van der Waals surface area (Å²) in [6.07, 6.45) is 4.65. The molecular weight excluding hydrogens is 234 g/mol. The molecule has 1 aliphatic heterocycles. The largest absolute Gasteiger partial charge is 0.384 e. The van der Waals surface area contributed by atoms with Crippen LogP contribution in [0.2, 0.25) is 0 Å². The summed E-state index contributed by atoms with van der Waals surface area (Å²) in [4.78, 5) is 7.86. The van der Waals surface area contributed by atoms with Gasteiger partial charge in [0.05, 0.1) is 25.5 Å². The highest BCUT2D eigenvalue weighted by Crippen LogP contribution is 2.13. The summed E-state index contributed by atoms with van der Waals surface area (Å²) < 4.78 is 16.4. The van der Waals surface area contributed by atoms with Crippen molar-refractivity contribution in [1.82, 2.24) is 9.97 Å². The Labute approximate surface area is 106 Å². The number of rotatable bonds is 6. The van der Waals surface area contributed by atoms with Crippen LogP contribution in [-0.2, 0) is 20.8 Å². The first kappa shape index (κ1) is 13.2. The molecule has 1 saturated heterocycles. The van der Waals surface area contributed by atoms with Gasteiger partial charge in [0.25, 0.3) is 0 Å². The molecule has 18 heavy (non-hydrogen) atoms. The predicted molar refractivity (Wildman–Crippen MR) is 65.6 cm³/mol. The summed E-state index contributed by atoms with van der Waals surface area (Å²) in [7, 11) is 0. The molecule has 0 spiro atoms. The van der Waals surface area contributed by atoms with E-state index < -0.39 is 0 Å². The fraction of sp³-hybridized carbons (Fsp3) is 0.667. The number of nitrogens with zero attached hydrogens (tertiary/aromatic N) is 2. The molecule has 0 amide bonds. The van der Waals surface area contributed by atoms with E-state index in [0.29, 0.717) is 25.6 Å². The zero-order valence-electron chi connectivity index (χ0n) is 10.4. The highest BCUT2D eigenvalue weighted by Gasteiger charge is 2.13. The van der Waals surface area contributed by atoms with E-state index in [9.17, 15) is 0 Å². The lowest BCUT2D eigenvalue weighted by Gasteiger charge is -2.22. The standard InChI is InChI=1S/C12H19N3O3/c13-11-7-10(14-9-15-11)8-16-5-6-18-12-3-1-2-4-17-12/h7,9,12H,1-6,8H2,(H2,13,14,15). The topological polar surface area (TPSA) is 79.5 Å². The van der Waals surface area contributed by atoms with E-state index in [-0.39, 0.29) is 6.29 Å². The van der Waals surface area contributed by atoms with Gasteiger partial charge in [0.15, 0.2) is 6.29 Å². The molecule has 6 nitrogen and oxygen atoms in total. The van der Waals surface area contributed by atoms with Gasteiger partial charge < -0.3 is 19.9 Å². The maximum Gasteiger partial charge on any atom is 0.157 e. The molecule has 1 aromatic rings. The zero-order chi connectivity index (χ0) is 12.6. The summed E-state index contributed by atoms with van der Waals surface area (Å²) in [6.45, 7) is 2.27. The number of nitrogen functional groups attached to an aromatic ring is 1. The lowest BCUT2D eigenvalue weighted by Crippen LogP contribution is -2.23. The Morgan fingerprint density at radius 2 is 2.28 bits per heavy atom. The number of ether oxygens (including phenoxy) is 3. The molecule has 0 saturated carbocycles. The molecule has 0 aliphatic carbocycles. The molecule has 1 aromatic heterocycles. The normalized spacial score (nSPS) is 19.9. The van der Waals surface area contributed by atoms with E-state index in [4.69, 9.17) is 19.9 Å². The maximum atomic E-state index is 5.54. The Hall–Kier alpha value is -1.24. The minimum absolute atomic E-state index is 0.0583. The average Bonchev–Trinajstić information content (AvgIpc) is 2.40. The Morgan fingerprint density at radius 3 is 3.06 bits per heavy atom. The fourth-order valence-corrected chi connectivity index (χ4v) is 1.75. The maximum absolute atomic E-state index is 5.54. The second-order valence-electron chi connectivity index (χ2n) is 4.15. The fourth-order valence-electron chi connectivity index (χ4n) is 1.75. The van der Waals surface area contributed by atoms with Crippen molar-refractivity contribution in [3.63, 3.8) is 0 Å². The Kier molecular flexibility index (Phi) is 5.32. The second kappa shape index (κ2) is 7.25. The third-order valence-electron chi connectivity index (χ3n) is 2.66. The Bertz CT molecular complexity index is 356. The molecule has 1 fully saturated rings. The van der Waals surface area contributed by atoms with Crippen LogP contribution in [0.4, 0.5) is 5.82 Å². The minimum atomic E-state index is -0.0583. The minimum Gasteiger partial charge on any atom is -0.384 e. The monoisotopic (exact) mass is 253 g/mol. The van der Waals surface area contributed by atoms with Gasteiger partial charge in [-0.05, 0) is 19.3 Å². The van der Waals surface area contributed by atoms with Crippen molar-refractivity contribution in [2.45, 2.75) is 32.2 Å². The summed E-state index contributed by atoms with van der Waals surface area (Å²) in [5.74, 6) is 0.454. The molecule has 100 valence electrons. The molecule has 0 aromatic carbocycles. The first-order chi connectivity index (χ1) is 8.84. The SMILES string of the molecule is Nc1cc(COCCOC2CCCCO2)ncn1. The number of aromatic nitrogens is 2. The molecule has 1 atom stereocenters. The van der Waals surface area contributed by atoms with Crippen molar-refractivity contribution in [3.8, 4) is 0 Å². The number of nitrogens with two attached hydrogens (primary N) is 1. The van der Waals surface area contributed by atoms with E-state index >= 15 is 0 Å². The third kappa shape index (κ3) is 4.56. The third-order valence-corrected chi connectivity index (χ3v) is 2.66. The predicted octanol–water partition coefficient (Wildman–Crippen LogP) is 1.12. The van der Waals surface area contributed by atoms with Crippen LogP contribution in [0.15, 0.2) is 12.4 Å². The van der Waals surface area contributed by atoms with Crippen LogP contribution in [0, 0.1) is 0 Å². The molecule has 2 rings (SSSR count). The molecule has 0 bridgehead atoms. The summed E-state index contributed by atoms with van der Waals surface area (Å²) >= 11 is 0. The molecule has 6 heteroatoms. The van der Waals surface area contributed by atoms with Crippen LogP contribution >= 0.6 is 0 Å². The number of hydrogen-bond donors (Lipinski definition) is 1. The quantitative estimate of drug-likeness (QED) is 0.765. The molecule has 1 aliphatic rings.